The Hall–Kier alpha value is -0.770. The Balaban J connectivity index is 2.98. The van der Waals surface area contributed by atoms with E-state index in [1.54, 1.807) is 13.3 Å². The van der Waals surface area contributed by atoms with Gasteiger partial charge in [0.05, 0.1) is 18.8 Å². The lowest BCUT2D eigenvalue weighted by Gasteiger charge is -2.46. The molecule has 1 aliphatic rings. The van der Waals surface area contributed by atoms with E-state index in [0.29, 0.717) is 0 Å². The molecule has 8 heteroatoms. The average Bonchev–Trinajstić information content (AvgIpc) is 2.39. The Morgan fingerprint density at radius 1 is 1.52 bits per heavy atom. The smallest absolute Gasteiger partial charge is 0.217 e. The van der Waals surface area contributed by atoms with Gasteiger partial charge in [-0.25, -0.2) is 0 Å². The Bertz CT molecular complexity index is 353. The second-order valence-corrected chi connectivity index (χ2v) is 5.38. The summed E-state index contributed by atoms with van der Waals surface area (Å²) in [6.45, 7) is 2.21. The number of carbonyl (C=O) groups is 1. The van der Waals surface area contributed by atoms with Gasteiger partial charge >= 0.3 is 0 Å². The first-order valence-electron chi connectivity index (χ1n) is 6.84. The summed E-state index contributed by atoms with van der Waals surface area (Å²) < 4.78 is 5.41. The molecule has 1 amide bonds. The average molecular weight is 306 g/mol. The number of amides is 1. The van der Waals surface area contributed by atoms with Gasteiger partial charge in [-0.15, -0.1) is 0 Å². The number of nitrogens with one attached hydrogen (secondary N) is 1. The van der Waals surface area contributed by atoms with E-state index in [1.165, 1.54) is 6.92 Å². The van der Waals surface area contributed by atoms with E-state index in [0.717, 1.165) is 0 Å². The highest BCUT2D eigenvalue weighted by molar-refractivity contribution is 5.73. The van der Waals surface area contributed by atoms with Crippen LogP contribution in [0.25, 0.3) is 0 Å². The normalized spacial score (nSPS) is 36.0. The van der Waals surface area contributed by atoms with Gasteiger partial charge in [-0.1, -0.05) is 6.92 Å². The van der Waals surface area contributed by atoms with Crippen molar-refractivity contribution >= 4 is 5.91 Å². The highest BCUT2D eigenvalue weighted by Gasteiger charge is 2.49. The van der Waals surface area contributed by atoms with Gasteiger partial charge in [0.1, 0.15) is 18.3 Å². The lowest BCUT2D eigenvalue weighted by Crippen LogP contribution is -2.65. The molecule has 6 atom stereocenters. The zero-order chi connectivity index (χ0) is 16.2. The Morgan fingerprint density at radius 3 is 2.62 bits per heavy atom. The molecule has 21 heavy (non-hydrogen) atoms. The van der Waals surface area contributed by atoms with Crippen LogP contribution < -0.4 is 5.32 Å². The molecule has 0 saturated carbocycles. The maximum absolute atomic E-state index is 11.2. The van der Waals surface area contributed by atoms with Crippen LogP contribution in [0.15, 0.2) is 0 Å². The maximum Gasteiger partial charge on any atom is 0.217 e. The van der Waals surface area contributed by atoms with Gasteiger partial charge in [-0.05, 0) is 6.42 Å². The third kappa shape index (κ3) is 4.60. The molecule has 1 rings (SSSR count). The molecule has 123 valence electrons. The van der Waals surface area contributed by atoms with Gasteiger partial charge in [0.2, 0.25) is 5.91 Å². The number of ether oxygens (including phenoxy) is 1. The SMILES string of the molecule is C[CH]C[C@]1(O)C[C@H](O)[C@@H](NC(C)=O)[C@H]([C@H](O)[C@H](O)CO)O1. The van der Waals surface area contributed by atoms with Crippen LogP contribution in [0.5, 0.6) is 0 Å². The van der Waals surface area contributed by atoms with E-state index < -0.39 is 48.8 Å². The number of aliphatic hydroxyl groups excluding tert-OH is 4. The van der Waals surface area contributed by atoms with E-state index in [4.69, 9.17) is 9.84 Å². The van der Waals surface area contributed by atoms with Crippen molar-refractivity contribution in [3.63, 3.8) is 0 Å². The van der Waals surface area contributed by atoms with Crippen molar-refractivity contribution < 1.29 is 35.1 Å². The van der Waals surface area contributed by atoms with Crippen molar-refractivity contribution in [1.29, 1.82) is 0 Å². The van der Waals surface area contributed by atoms with Crippen molar-refractivity contribution in [2.24, 2.45) is 0 Å². The Morgan fingerprint density at radius 2 is 2.14 bits per heavy atom. The predicted octanol–water partition coefficient (Wildman–Crippen LogP) is -2.34. The van der Waals surface area contributed by atoms with Crippen molar-refractivity contribution in [1.82, 2.24) is 5.32 Å². The van der Waals surface area contributed by atoms with Gasteiger partial charge in [0, 0.05) is 19.8 Å². The van der Waals surface area contributed by atoms with Gasteiger partial charge in [-0.2, -0.15) is 0 Å². The van der Waals surface area contributed by atoms with Crippen molar-refractivity contribution in [3.05, 3.63) is 6.42 Å². The van der Waals surface area contributed by atoms with Gasteiger partial charge in [-0.3, -0.25) is 4.79 Å². The van der Waals surface area contributed by atoms with Crippen LogP contribution in [-0.2, 0) is 9.53 Å². The van der Waals surface area contributed by atoms with Crippen LogP contribution in [0.4, 0.5) is 0 Å². The molecule has 0 aromatic rings. The molecule has 0 aromatic heterocycles. The molecule has 1 fully saturated rings. The third-order valence-corrected chi connectivity index (χ3v) is 3.46. The summed E-state index contributed by atoms with van der Waals surface area (Å²) in [5.41, 5.74) is 0. The van der Waals surface area contributed by atoms with E-state index in [-0.39, 0.29) is 12.8 Å². The number of aliphatic hydroxyl groups is 5. The molecule has 8 nitrogen and oxygen atoms in total. The zero-order valence-electron chi connectivity index (χ0n) is 12.1. The first-order chi connectivity index (χ1) is 9.74. The lowest BCUT2D eigenvalue weighted by molar-refractivity contribution is -0.300. The minimum absolute atomic E-state index is 0.106. The van der Waals surface area contributed by atoms with Crippen LogP contribution >= 0.6 is 0 Å². The number of hydrogen-bond acceptors (Lipinski definition) is 7. The molecular weight excluding hydrogens is 282 g/mol. The molecular formula is C13H24NO7. The summed E-state index contributed by atoms with van der Waals surface area (Å²) in [7, 11) is 0. The van der Waals surface area contributed by atoms with Crippen molar-refractivity contribution in [3.8, 4) is 0 Å². The topological polar surface area (TPSA) is 139 Å². The van der Waals surface area contributed by atoms with Crippen molar-refractivity contribution in [2.75, 3.05) is 6.61 Å². The zero-order valence-corrected chi connectivity index (χ0v) is 12.1. The number of hydrogen-bond donors (Lipinski definition) is 6. The standard InChI is InChI=1S/C13H24NO7/c1-3-4-13(20)5-8(17)10(14-7(2)16)12(21-13)11(19)9(18)6-15/h3,8-12,15,17-20H,4-6H2,1-2H3,(H,14,16)/t8-,9+,10+,11+,12+,13+/m0/s1. The highest BCUT2D eigenvalue weighted by Crippen LogP contribution is 2.32. The fraction of sp³-hybridized carbons (Fsp3) is 0.846. The second-order valence-electron chi connectivity index (χ2n) is 5.38. The van der Waals surface area contributed by atoms with E-state index in [2.05, 4.69) is 5.32 Å². The van der Waals surface area contributed by atoms with Gasteiger partial charge in [0.15, 0.2) is 5.79 Å². The number of carbonyl (C=O) groups excluding carboxylic acids is 1. The predicted molar refractivity (Wildman–Crippen MR) is 71.7 cm³/mol. The highest BCUT2D eigenvalue weighted by atomic mass is 16.6. The fourth-order valence-corrected chi connectivity index (χ4v) is 2.52. The van der Waals surface area contributed by atoms with Gasteiger partial charge in [0.25, 0.3) is 0 Å². The van der Waals surface area contributed by atoms with E-state index >= 15 is 0 Å². The Labute approximate surface area is 123 Å². The third-order valence-electron chi connectivity index (χ3n) is 3.46. The Kier molecular flexibility index (Phi) is 6.51. The number of rotatable bonds is 6. The summed E-state index contributed by atoms with van der Waals surface area (Å²) in [6, 6.07) is -1.00. The van der Waals surface area contributed by atoms with Crippen molar-refractivity contribution in [2.45, 2.75) is 62.9 Å². The van der Waals surface area contributed by atoms with Gasteiger partial charge < -0.3 is 35.6 Å². The van der Waals surface area contributed by atoms with Crippen LogP contribution in [0, 0.1) is 6.42 Å². The molecule has 0 aliphatic carbocycles. The molecule has 1 heterocycles. The molecule has 1 saturated heterocycles. The lowest BCUT2D eigenvalue weighted by atomic mass is 9.87. The second kappa shape index (κ2) is 7.48. The first-order valence-corrected chi connectivity index (χ1v) is 6.84. The van der Waals surface area contributed by atoms with Crippen LogP contribution in [0.3, 0.4) is 0 Å². The summed E-state index contributed by atoms with van der Waals surface area (Å²) in [5, 5.41) is 51.3. The summed E-state index contributed by atoms with van der Waals surface area (Å²) >= 11 is 0. The molecule has 0 bridgehead atoms. The van der Waals surface area contributed by atoms with Crippen LogP contribution in [0.1, 0.15) is 26.7 Å². The molecule has 0 spiro atoms. The van der Waals surface area contributed by atoms with E-state index in [9.17, 15) is 25.2 Å². The maximum atomic E-state index is 11.2. The van der Waals surface area contributed by atoms with E-state index in [1.807, 2.05) is 0 Å². The van der Waals surface area contributed by atoms with Crippen LogP contribution in [-0.4, -0.2) is 74.3 Å². The van der Waals surface area contributed by atoms with Crippen LogP contribution in [0.2, 0.25) is 0 Å². The molecule has 1 radical (unpaired) electrons. The summed E-state index contributed by atoms with van der Waals surface area (Å²) in [4.78, 5) is 11.2. The summed E-state index contributed by atoms with van der Waals surface area (Å²) in [5.74, 6) is -2.16. The monoisotopic (exact) mass is 306 g/mol. The first kappa shape index (κ1) is 18.3. The molecule has 6 N–H and O–H groups in total. The quantitative estimate of drug-likeness (QED) is 0.323. The minimum Gasteiger partial charge on any atom is -0.394 e. The minimum atomic E-state index is -1.70. The molecule has 1 aliphatic heterocycles. The largest absolute Gasteiger partial charge is 0.394 e. The summed E-state index contributed by atoms with van der Waals surface area (Å²) in [6.07, 6.45) is -3.94. The molecule has 0 unspecified atom stereocenters. The fourth-order valence-electron chi connectivity index (χ4n) is 2.52. The molecule has 0 aromatic carbocycles.